The second-order valence-corrected chi connectivity index (χ2v) is 6.41. The van der Waals surface area contributed by atoms with Gasteiger partial charge in [0.15, 0.2) is 0 Å². The predicted octanol–water partition coefficient (Wildman–Crippen LogP) is 2.19. The summed E-state index contributed by atoms with van der Waals surface area (Å²) in [6.45, 7) is 0. The monoisotopic (exact) mass is 426 g/mol. The molecule has 0 fully saturated rings. The van der Waals surface area contributed by atoms with E-state index in [0.717, 1.165) is 9.13 Å². The number of carbonyl (C=O) groups is 2. The van der Waals surface area contributed by atoms with E-state index < -0.39 is 17.8 Å². The molecule has 6 heteroatoms. The van der Waals surface area contributed by atoms with Crippen LogP contribution in [0.4, 0.5) is 4.39 Å². The Labute approximate surface area is 147 Å². The van der Waals surface area contributed by atoms with Gasteiger partial charge in [0.1, 0.15) is 11.9 Å². The second-order valence-electron chi connectivity index (χ2n) is 5.16. The zero-order valence-corrected chi connectivity index (χ0v) is 14.4. The fraction of sp³-hybridized carbons (Fsp3) is 0.176. The van der Waals surface area contributed by atoms with Crippen LogP contribution in [-0.4, -0.2) is 17.9 Å². The van der Waals surface area contributed by atoms with Crippen LogP contribution in [0.3, 0.4) is 0 Å². The number of carbonyl (C=O) groups excluding carboxylic acids is 2. The molecule has 0 aliphatic heterocycles. The van der Waals surface area contributed by atoms with Gasteiger partial charge < -0.3 is 11.1 Å². The maximum Gasteiger partial charge on any atom is 0.240 e. The minimum Gasteiger partial charge on any atom is -0.368 e. The smallest absolute Gasteiger partial charge is 0.240 e. The van der Waals surface area contributed by atoms with E-state index in [0.29, 0.717) is 12.0 Å². The number of primary amides is 1. The SMILES string of the molecule is NC(=O)[C@H](Cc1cccc(I)c1)NC(=O)Cc1cccc(F)c1. The summed E-state index contributed by atoms with van der Waals surface area (Å²) >= 11 is 2.17. The van der Waals surface area contributed by atoms with Gasteiger partial charge in [-0.05, 0) is 58.0 Å². The normalized spacial score (nSPS) is 11.7. The number of amides is 2. The van der Waals surface area contributed by atoms with Crippen molar-refractivity contribution < 1.29 is 14.0 Å². The molecule has 0 saturated heterocycles. The Morgan fingerprint density at radius 3 is 2.48 bits per heavy atom. The molecule has 0 saturated carbocycles. The van der Waals surface area contributed by atoms with Gasteiger partial charge in [-0.15, -0.1) is 0 Å². The summed E-state index contributed by atoms with van der Waals surface area (Å²) in [4.78, 5) is 23.6. The van der Waals surface area contributed by atoms with Crippen LogP contribution >= 0.6 is 22.6 Å². The fourth-order valence-corrected chi connectivity index (χ4v) is 2.81. The lowest BCUT2D eigenvalue weighted by Crippen LogP contribution is -2.46. The highest BCUT2D eigenvalue weighted by molar-refractivity contribution is 14.1. The lowest BCUT2D eigenvalue weighted by atomic mass is 10.0. The lowest BCUT2D eigenvalue weighted by molar-refractivity contribution is -0.127. The molecule has 2 aromatic rings. The van der Waals surface area contributed by atoms with Gasteiger partial charge in [0, 0.05) is 9.99 Å². The standard InChI is InChI=1S/C17H16FIN2O2/c18-13-5-1-3-11(7-13)10-16(22)21-15(17(20)23)9-12-4-2-6-14(19)8-12/h1-8,15H,9-10H2,(H2,20,23)(H,21,22)/t15-/m0/s1. The van der Waals surface area contributed by atoms with Crippen LogP contribution in [-0.2, 0) is 22.4 Å². The Kier molecular flexibility index (Phi) is 6.09. The van der Waals surface area contributed by atoms with Gasteiger partial charge in [0.25, 0.3) is 0 Å². The third-order valence-electron chi connectivity index (χ3n) is 3.26. The molecule has 0 spiro atoms. The molecular weight excluding hydrogens is 410 g/mol. The molecule has 0 aromatic heterocycles. The summed E-state index contributed by atoms with van der Waals surface area (Å²) in [6, 6.07) is 12.6. The molecule has 3 N–H and O–H groups in total. The highest BCUT2D eigenvalue weighted by Gasteiger charge is 2.19. The van der Waals surface area contributed by atoms with Crippen molar-refractivity contribution in [3.63, 3.8) is 0 Å². The molecular formula is C17H16FIN2O2. The fourth-order valence-electron chi connectivity index (χ4n) is 2.20. The first-order chi connectivity index (χ1) is 10.9. The van der Waals surface area contributed by atoms with Gasteiger partial charge in [-0.2, -0.15) is 0 Å². The first-order valence-electron chi connectivity index (χ1n) is 7.01. The number of benzene rings is 2. The van der Waals surface area contributed by atoms with Crippen molar-refractivity contribution in [1.29, 1.82) is 0 Å². The molecule has 0 aliphatic rings. The van der Waals surface area contributed by atoms with Crippen molar-refractivity contribution in [1.82, 2.24) is 5.32 Å². The Morgan fingerprint density at radius 2 is 1.83 bits per heavy atom. The van der Waals surface area contributed by atoms with Crippen molar-refractivity contribution in [2.75, 3.05) is 0 Å². The van der Waals surface area contributed by atoms with Crippen LogP contribution in [0.1, 0.15) is 11.1 Å². The van der Waals surface area contributed by atoms with Gasteiger partial charge >= 0.3 is 0 Å². The zero-order valence-electron chi connectivity index (χ0n) is 12.3. The largest absolute Gasteiger partial charge is 0.368 e. The molecule has 2 amide bonds. The van der Waals surface area contributed by atoms with E-state index >= 15 is 0 Å². The topological polar surface area (TPSA) is 72.2 Å². The number of rotatable bonds is 6. The van der Waals surface area contributed by atoms with Crippen LogP contribution in [0, 0.1) is 9.39 Å². The third-order valence-corrected chi connectivity index (χ3v) is 3.93. The zero-order chi connectivity index (χ0) is 16.8. The van der Waals surface area contributed by atoms with Crippen LogP contribution in [0.2, 0.25) is 0 Å². The summed E-state index contributed by atoms with van der Waals surface area (Å²) in [5, 5.41) is 2.61. The highest BCUT2D eigenvalue weighted by Crippen LogP contribution is 2.10. The maximum absolute atomic E-state index is 13.1. The molecule has 0 aliphatic carbocycles. The number of nitrogens with one attached hydrogen (secondary N) is 1. The van der Waals surface area contributed by atoms with Crippen molar-refractivity contribution in [2.45, 2.75) is 18.9 Å². The molecule has 0 radical (unpaired) electrons. The molecule has 23 heavy (non-hydrogen) atoms. The van der Waals surface area contributed by atoms with Gasteiger partial charge in [0.05, 0.1) is 6.42 Å². The van der Waals surface area contributed by atoms with E-state index in [1.807, 2.05) is 24.3 Å². The van der Waals surface area contributed by atoms with E-state index in [1.54, 1.807) is 6.07 Å². The van der Waals surface area contributed by atoms with Gasteiger partial charge in [-0.3, -0.25) is 9.59 Å². The van der Waals surface area contributed by atoms with E-state index in [9.17, 15) is 14.0 Å². The Bertz CT molecular complexity index is 721. The van der Waals surface area contributed by atoms with Gasteiger partial charge in [-0.1, -0.05) is 24.3 Å². The van der Waals surface area contributed by atoms with E-state index in [2.05, 4.69) is 27.9 Å². The number of halogens is 2. The Morgan fingerprint density at radius 1 is 1.13 bits per heavy atom. The van der Waals surface area contributed by atoms with Crippen molar-refractivity contribution in [3.05, 3.63) is 69.0 Å². The van der Waals surface area contributed by atoms with Crippen molar-refractivity contribution in [2.24, 2.45) is 5.73 Å². The van der Waals surface area contributed by atoms with Crippen LogP contribution in [0.15, 0.2) is 48.5 Å². The minimum atomic E-state index is -0.797. The molecule has 0 bridgehead atoms. The first kappa shape index (κ1) is 17.4. The van der Waals surface area contributed by atoms with Crippen LogP contribution in [0.5, 0.6) is 0 Å². The Balaban J connectivity index is 2.01. The van der Waals surface area contributed by atoms with Crippen LogP contribution < -0.4 is 11.1 Å². The van der Waals surface area contributed by atoms with E-state index in [-0.39, 0.29) is 12.3 Å². The average molecular weight is 426 g/mol. The highest BCUT2D eigenvalue weighted by atomic mass is 127. The molecule has 2 rings (SSSR count). The Hall–Kier alpha value is -1.96. The van der Waals surface area contributed by atoms with Crippen LogP contribution in [0.25, 0.3) is 0 Å². The molecule has 120 valence electrons. The first-order valence-corrected chi connectivity index (χ1v) is 8.09. The lowest BCUT2D eigenvalue weighted by Gasteiger charge is -2.16. The average Bonchev–Trinajstić information content (AvgIpc) is 2.46. The van der Waals surface area contributed by atoms with Crippen molar-refractivity contribution >= 4 is 34.4 Å². The third kappa shape index (κ3) is 5.63. The summed E-state index contributed by atoms with van der Waals surface area (Å²) in [5.41, 5.74) is 6.82. The molecule has 2 aromatic carbocycles. The van der Waals surface area contributed by atoms with Gasteiger partial charge in [-0.25, -0.2) is 4.39 Å². The van der Waals surface area contributed by atoms with E-state index in [4.69, 9.17) is 5.73 Å². The summed E-state index contributed by atoms with van der Waals surface area (Å²) < 4.78 is 14.2. The molecule has 1 atom stereocenters. The number of hydrogen-bond donors (Lipinski definition) is 2. The molecule has 0 unspecified atom stereocenters. The second kappa shape index (κ2) is 8.05. The number of nitrogens with two attached hydrogens (primary N) is 1. The quantitative estimate of drug-likeness (QED) is 0.696. The molecule has 4 nitrogen and oxygen atoms in total. The van der Waals surface area contributed by atoms with Gasteiger partial charge in [0.2, 0.25) is 11.8 Å². The summed E-state index contributed by atoms with van der Waals surface area (Å²) in [6.07, 6.45) is 0.314. The maximum atomic E-state index is 13.1. The van der Waals surface area contributed by atoms with E-state index in [1.165, 1.54) is 18.2 Å². The minimum absolute atomic E-state index is 0.00609. The summed E-state index contributed by atoms with van der Waals surface area (Å²) in [7, 11) is 0. The number of hydrogen-bond acceptors (Lipinski definition) is 2. The van der Waals surface area contributed by atoms with Crippen molar-refractivity contribution in [3.8, 4) is 0 Å². The summed E-state index contributed by atoms with van der Waals surface area (Å²) in [5.74, 6) is -1.37. The predicted molar refractivity (Wildman–Crippen MR) is 94.1 cm³/mol. The molecule has 0 heterocycles.